The van der Waals surface area contributed by atoms with E-state index in [1.54, 1.807) is 0 Å². The Labute approximate surface area is 90.2 Å². The van der Waals surface area contributed by atoms with Gasteiger partial charge in [0.2, 0.25) is 0 Å². The third kappa shape index (κ3) is 26.0. The van der Waals surface area contributed by atoms with Gasteiger partial charge in [-0.2, -0.15) is 0 Å². The molecule has 0 unspecified atom stereocenters. The number of aliphatic hydroxyl groups excluding tert-OH is 1. The molecule has 0 rings (SSSR count). The largest absolute Gasteiger partial charge is 2.00 e. The molecule has 4 heteroatoms. The van der Waals surface area contributed by atoms with E-state index < -0.39 is 0 Å². The molecule has 0 fully saturated rings. The minimum absolute atomic E-state index is 0. The SMILES string of the molecule is CCCCO.[Ba+2].[OH-].[OH-]. The second-order valence-corrected chi connectivity index (χ2v) is 1.08. The van der Waals surface area contributed by atoms with Gasteiger partial charge in [-0.05, 0) is 6.42 Å². The summed E-state index contributed by atoms with van der Waals surface area (Å²) in [5.41, 5.74) is 0. The fourth-order valence-electron chi connectivity index (χ4n) is 0.158. The zero-order chi connectivity index (χ0) is 4.12. The van der Waals surface area contributed by atoms with Crippen molar-refractivity contribution in [2.75, 3.05) is 6.61 Å². The van der Waals surface area contributed by atoms with Crippen molar-refractivity contribution in [2.24, 2.45) is 0 Å². The standard InChI is InChI=1S/C4H10O.Ba.2H2O/c1-2-3-4-5;;;/h5H,2-4H2,1H3;;2*1H2/q;+2;;/p-2. The Bertz CT molecular complexity index is 18.8. The van der Waals surface area contributed by atoms with Crippen LogP contribution in [-0.2, 0) is 0 Å². The van der Waals surface area contributed by atoms with Crippen molar-refractivity contribution >= 4 is 48.9 Å². The summed E-state index contributed by atoms with van der Waals surface area (Å²) >= 11 is 0. The van der Waals surface area contributed by atoms with Gasteiger partial charge in [0.05, 0.1) is 0 Å². The van der Waals surface area contributed by atoms with Gasteiger partial charge < -0.3 is 16.1 Å². The molecular weight excluding hydrogens is 233 g/mol. The summed E-state index contributed by atoms with van der Waals surface area (Å²) < 4.78 is 0. The van der Waals surface area contributed by atoms with E-state index in [1.807, 2.05) is 0 Å². The van der Waals surface area contributed by atoms with Crippen molar-refractivity contribution in [3.63, 3.8) is 0 Å². The Morgan fingerprint density at radius 2 is 1.62 bits per heavy atom. The summed E-state index contributed by atoms with van der Waals surface area (Å²) in [6.07, 6.45) is 2.04. The van der Waals surface area contributed by atoms with Crippen molar-refractivity contribution in [3.8, 4) is 0 Å². The Morgan fingerprint density at radius 1 is 1.25 bits per heavy atom. The maximum atomic E-state index is 8.07. The number of hydrogen-bond donors (Lipinski definition) is 1. The quantitative estimate of drug-likeness (QED) is 0.698. The molecule has 3 nitrogen and oxygen atoms in total. The average Bonchev–Trinajstić information content (AvgIpc) is 1.41. The van der Waals surface area contributed by atoms with Crippen LogP contribution >= 0.6 is 0 Å². The van der Waals surface area contributed by atoms with Gasteiger partial charge in [0, 0.05) is 6.61 Å². The van der Waals surface area contributed by atoms with Crippen LogP contribution in [-0.4, -0.2) is 71.5 Å². The molecule has 0 atom stereocenters. The molecule has 8 heavy (non-hydrogen) atoms. The summed E-state index contributed by atoms with van der Waals surface area (Å²) in [4.78, 5) is 0. The molecule has 0 bridgehead atoms. The van der Waals surface area contributed by atoms with Crippen molar-refractivity contribution in [3.05, 3.63) is 0 Å². The van der Waals surface area contributed by atoms with Crippen LogP contribution in [0.15, 0.2) is 0 Å². The van der Waals surface area contributed by atoms with Crippen LogP contribution in [0.2, 0.25) is 0 Å². The molecule has 0 amide bonds. The first-order valence-electron chi connectivity index (χ1n) is 2.02. The molecule has 0 aromatic heterocycles. The number of unbranched alkanes of at least 4 members (excludes halogenated alkanes) is 1. The molecular formula is C4H12BaO3. The van der Waals surface area contributed by atoms with Crippen molar-refractivity contribution in [1.29, 1.82) is 0 Å². The van der Waals surface area contributed by atoms with E-state index in [-0.39, 0.29) is 59.8 Å². The van der Waals surface area contributed by atoms with Crippen LogP contribution in [0.3, 0.4) is 0 Å². The van der Waals surface area contributed by atoms with E-state index in [0.29, 0.717) is 6.61 Å². The molecule has 48 valence electrons. The first kappa shape index (κ1) is 22.7. The first-order valence-corrected chi connectivity index (χ1v) is 2.02. The van der Waals surface area contributed by atoms with E-state index in [4.69, 9.17) is 5.11 Å². The summed E-state index contributed by atoms with van der Waals surface area (Å²) in [7, 11) is 0. The topological polar surface area (TPSA) is 80.2 Å². The molecule has 0 spiro atoms. The van der Waals surface area contributed by atoms with E-state index in [1.165, 1.54) is 0 Å². The molecule has 3 N–H and O–H groups in total. The van der Waals surface area contributed by atoms with Crippen molar-refractivity contribution in [2.45, 2.75) is 19.8 Å². The Hall–Kier alpha value is 1.45. The molecule has 0 saturated heterocycles. The van der Waals surface area contributed by atoms with Gasteiger partial charge in [-0.25, -0.2) is 0 Å². The van der Waals surface area contributed by atoms with E-state index in [0.717, 1.165) is 12.8 Å². The van der Waals surface area contributed by atoms with Crippen molar-refractivity contribution in [1.82, 2.24) is 0 Å². The predicted molar refractivity (Wildman–Crippen MR) is 31.6 cm³/mol. The fraction of sp³-hybridized carbons (Fsp3) is 1.00. The second kappa shape index (κ2) is 23.7. The second-order valence-electron chi connectivity index (χ2n) is 1.08. The zero-order valence-corrected chi connectivity index (χ0v) is 9.61. The number of rotatable bonds is 2. The van der Waals surface area contributed by atoms with Crippen molar-refractivity contribution < 1.29 is 16.1 Å². The van der Waals surface area contributed by atoms with Gasteiger partial charge in [0.25, 0.3) is 0 Å². The minimum atomic E-state index is 0. The van der Waals surface area contributed by atoms with Gasteiger partial charge in [-0.15, -0.1) is 0 Å². The fourth-order valence-corrected chi connectivity index (χ4v) is 0.158. The maximum Gasteiger partial charge on any atom is 2.00 e. The third-order valence-electron chi connectivity index (χ3n) is 0.512. The Balaban J connectivity index is -0.0000000267. The maximum absolute atomic E-state index is 8.07. The summed E-state index contributed by atoms with van der Waals surface area (Å²) in [5, 5.41) is 8.07. The molecule has 0 aliphatic heterocycles. The van der Waals surface area contributed by atoms with E-state index in [9.17, 15) is 0 Å². The zero-order valence-electron chi connectivity index (χ0n) is 5.17. The van der Waals surface area contributed by atoms with Gasteiger partial charge in [0.1, 0.15) is 0 Å². The normalized spacial score (nSPS) is 5.25. The summed E-state index contributed by atoms with van der Waals surface area (Å²) in [6, 6.07) is 0. The average molecular weight is 245 g/mol. The van der Waals surface area contributed by atoms with Crippen LogP contribution in [0, 0.1) is 0 Å². The Morgan fingerprint density at radius 3 is 1.62 bits per heavy atom. The molecule has 0 aromatic rings. The van der Waals surface area contributed by atoms with Gasteiger partial charge in [-0.3, -0.25) is 0 Å². The smallest absolute Gasteiger partial charge is 0.870 e. The molecule has 0 saturated carbocycles. The molecule has 0 radical (unpaired) electrons. The third-order valence-corrected chi connectivity index (χ3v) is 0.512. The molecule has 0 heterocycles. The molecule has 0 aliphatic carbocycles. The Kier molecular flexibility index (Phi) is 67.2. The number of aliphatic hydroxyl groups is 1. The van der Waals surface area contributed by atoms with Crippen LogP contribution in [0.1, 0.15) is 19.8 Å². The van der Waals surface area contributed by atoms with E-state index >= 15 is 0 Å². The summed E-state index contributed by atoms with van der Waals surface area (Å²) in [6.45, 7) is 2.40. The predicted octanol–water partition coefficient (Wildman–Crippen LogP) is 0.0444. The number of hydrogen-bond acceptors (Lipinski definition) is 3. The van der Waals surface area contributed by atoms with Crippen LogP contribution in [0.25, 0.3) is 0 Å². The first-order chi connectivity index (χ1) is 2.41. The minimum Gasteiger partial charge on any atom is -0.870 e. The van der Waals surface area contributed by atoms with Gasteiger partial charge in [0.15, 0.2) is 0 Å². The van der Waals surface area contributed by atoms with E-state index in [2.05, 4.69) is 6.92 Å². The monoisotopic (exact) mass is 246 g/mol. The summed E-state index contributed by atoms with van der Waals surface area (Å²) in [5.74, 6) is 0. The van der Waals surface area contributed by atoms with Gasteiger partial charge in [-0.1, -0.05) is 13.3 Å². The van der Waals surface area contributed by atoms with Gasteiger partial charge >= 0.3 is 48.9 Å². The molecule has 0 aromatic carbocycles. The van der Waals surface area contributed by atoms with Crippen LogP contribution < -0.4 is 0 Å². The van der Waals surface area contributed by atoms with Crippen LogP contribution in [0.4, 0.5) is 0 Å². The molecule has 0 aliphatic rings. The van der Waals surface area contributed by atoms with Crippen LogP contribution in [0.5, 0.6) is 0 Å².